The second-order valence-corrected chi connectivity index (χ2v) is 5.28. The Morgan fingerprint density at radius 3 is 2.65 bits per heavy atom. The molecule has 0 fully saturated rings. The molecule has 0 saturated heterocycles. The number of amides is 1. The number of carbonyl (C=O) groups excluding carboxylic acids is 2. The van der Waals surface area contributed by atoms with Gasteiger partial charge in [-0.1, -0.05) is 42.5 Å². The van der Waals surface area contributed by atoms with E-state index in [-0.39, 0.29) is 31.3 Å². The number of benzene rings is 2. The Hall–Kier alpha value is -2.82. The van der Waals surface area contributed by atoms with Crippen LogP contribution in [0.4, 0.5) is 5.69 Å². The molecule has 5 nitrogen and oxygen atoms in total. The van der Waals surface area contributed by atoms with Crippen molar-refractivity contribution in [2.45, 2.75) is 25.6 Å². The van der Waals surface area contributed by atoms with E-state index in [1.807, 2.05) is 42.5 Å². The number of hydrogen-bond acceptors (Lipinski definition) is 4. The van der Waals surface area contributed by atoms with E-state index in [0.29, 0.717) is 11.4 Å². The highest BCUT2D eigenvalue weighted by molar-refractivity contribution is 5.97. The number of carbonyl (C=O) groups is 2. The Morgan fingerprint density at radius 1 is 1.09 bits per heavy atom. The lowest BCUT2D eigenvalue weighted by atomic mass is 10.1. The summed E-state index contributed by atoms with van der Waals surface area (Å²) in [4.78, 5) is 23.8. The van der Waals surface area contributed by atoms with E-state index >= 15 is 0 Å². The number of para-hydroxylation sites is 2. The zero-order valence-corrected chi connectivity index (χ0v) is 12.5. The standard InChI is InChI=1S/C18H17NO4/c20-17(22-12-13-6-2-1-3-7-13)11-10-16-18(21)19-14-8-4-5-9-15(14)23-16/h1-9,16H,10-12H2,(H,19,21). The van der Waals surface area contributed by atoms with Crippen molar-refractivity contribution in [3.05, 3.63) is 60.2 Å². The van der Waals surface area contributed by atoms with Crippen molar-refractivity contribution in [3.8, 4) is 5.75 Å². The van der Waals surface area contributed by atoms with Crippen LogP contribution in [0.3, 0.4) is 0 Å². The molecule has 2 aromatic carbocycles. The first-order valence-electron chi connectivity index (χ1n) is 7.48. The minimum absolute atomic E-state index is 0.132. The second-order valence-electron chi connectivity index (χ2n) is 5.28. The normalized spacial score (nSPS) is 16.0. The number of hydrogen-bond donors (Lipinski definition) is 1. The largest absolute Gasteiger partial charge is 0.478 e. The maximum Gasteiger partial charge on any atom is 0.306 e. The number of rotatable bonds is 5. The molecule has 0 aliphatic carbocycles. The van der Waals surface area contributed by atoms with Crippen LogP contribution in [0, 0.1) is 0 Å². The van der Waals surface area contributed by atoms with E-state index < -0.39 is 6.10 Å². The first-order chi connectivity index (χ1) is 11.2. The van der Waals surface area contributed by atoms with Gasteiger partial charge in [-0.05, 0) is 17.7 Å². The number of ether oxygens (including phenoxy) is 2. The molecule has 0 radical (unpaired) electrons. The molecule has 0 aromatic heterocycles. The van der Waals surface area contributed by atoms with Gasteiger partial charge < -0.3 is 14.8 Å². The molecule has 1 atom stereocenters. The van der Waals surface area contributed by atoms with Crippen LogP contribution in [0.1, 0.15) is 18.4 Å². The number of nitrogens with one attached hydrogen (secondary N) is 1. The van der Waals surface area contributed by atoms with Gasteiger partial charge in [-0.3, -0.25) is 9.59 Å². The van der Waals surface area contributed by atoms with Gasteiger partial charge in [0.05, 0.1) is 5.69 Å². The monoisotopic (exact) mass is 311 g/mol. The highest BCUT2D eigenvalue weighted by Crippen LogP contribution is 2.29. The average Bonchev–Trinajstić information content (AvgIpc) is 2.59. The minimum atomic E-state index is -0.672. The van der Waals surface area contributed by atoms with Gasteiger partial charge in [0, 0.05) is 12.8 Å². The maximum absolute atomic E-state index is 12.0. The van der Waals surface area contributed by atoms with E-state index in [1.54, 1.807) is 12.1 Å². The molecule has 1 unspecified atom stereocenters. The number of fused-ring (bicyclic) bond motifs is 1. The number of anilines is 1. The quantitative estimate of drug-likeness (QED) is 0.862. The van der Waals surface area contributed by atoms with Gasteiger partial charge in [0.15, 0.2) is 6.10 Å². The van der Waals surface area contributed by atoms with Crippen LogP contribution >= 0.6 is 0 Å². The Balaban J connectivity index is 1.48. The fourth-order valence-electron chi connectivity index (χ4n) is 2.34. The average molecular weight is 311 g/mol. The van der Waals surface area contributed by atoms with Gasteiger partial charge in [0.1, 0.15) is 12.4 Å². The van der Waals surface area contributed by atoms with Gasteiger partial charge in [0.25, 0.3) is 5.91 Å². The van der Waals surface area contributed by atoms with Crippen LogP contribution in [0.15, 0.2) is 54.6 Å². The molecule has 2 aromatic rings. The smallest absolute Gasteiger partial charge is 0.306 e. The van der Waals surface area contributed by atoms with Crippen molar-refractivity contribution < 1.29 is 19.1 Å². The summed E-state index contributed by atoms with van der Waals surface area (Å²) >= 11 is 0. The lowest BCUT2D eigenvalue weighted by Crippen LogP contribution is -2.37. The molecule has 1 N–H and O–H groups in total. The SMILES string of the molecule is O=C(CCC1Oc2ccccc2NC1=O)OCc1ccccc1. The fourth-order valence-corrected chi connectivity index (χ4v) is 2.34. The molecular formula is C18H17NO4. The van der Waals surface area contributed by atoms with Gasteiger partial charge in [-0.2, -0.15) is 0 Å². The molecule has 0 bridgehead atoms. The van der Waals surface area contributed by atoms with Crippen molar-refractivity contribution in [2.75, 3.05) is 5.32 Å². The first kappa shape index (κ1) is 15.1. The van der Waals surface area contributed by atoms with E-state index in [0.717, 1.165) is 5.56 Å². The highest BCUT2D eigenvalue weighted by atomic mass is 16.5. The first-order valence-corrected chi connectivity index (χ1v) is 7.48. The topological polar surface area (TPSA) is 64.6 Å². The third-order valence-corrected chi connectivity index (χ3v) is 3.56. The Bertz CT molecular complexity index is 699. The van der Waals surface area contributed by atoms with Crippen molar-refractivity contribution in [3.63, 3.8) is 0 Å². The summed E-state index contributed by atoms with van der Waals surface area (Å²) < 4.78 is 10.8. The van der Waals surface area contributed by atoms with Crippen LogP contribution < -0.4 is 10.1 Å². The van der Waals surface area contributed by atoms with Crippen LogP contribution in [0.25, 0.3) is 0 Å². The van der Waals surface area contributed by atoms with Crippen molar-refractivity contribution >= 4 is 17.6 Å². The van der Waals surface area contributed by atoms with Crippen molar-refractivity contribution in [2.24, 2.45) is 0 Å². The number of esters is 1. The zero-order chi connectivity index (χ0) is 16.1. The maximum atomic E-state index is 12.0. The van der Waals surface area contributed by atoms with E-state index in [4.69, 9.17) is 9.47 Å². The molecule has 5 heteroatoms. The summed E-state index contributed by atoms with van der Waals surface area (Å²) in [5.41, 5.74) is 1.59. The second kappa shape index (κ2) is 6.96. The summed E-state index contributed by atoms with van der Waals surface area (Å²) in [6.45, 7) is 0.236. The van der Waals surface area contributed by atoms with Gasteiger partial charge in [0.2, 0.25) is 0 Å². The molecule has 0 spiro atoms. The van der Waals surface area contributed by atoms with Crippen LogP contribution in [0.5, 0.6) is 5.75 Å². The summed E-state index contributed by atoms with van der Waals surface area (Å²) in [7, 11) is 0. The summed E-state index contributed by atoms with van der Waals surface area (Å²) in [6.07, 6.45) is -0.255. The summed E-state index contributed by atoms with van der Waals surface area (Å²) in [6, 6.07) is 16.7. The summed E-state index contributed by atoms with van der Waals surface area (Å²) in [5, 5.41) is 2.78. The lowest BCUT2D eigenvalue weighted by Gasteiger charge is -2.25. The van der Waals surface area contributed by atoms with E-state index in [1.165, 1.54) is 0 Å². The predicted molar refractivity (Wildman–Crippen MR) is 85.0 cm³/mol. The third-order valence-electron chi connectivity index (χ3n) is 3.56. The molecule has 0 saturated carbocycles. The molecule has 1 aliphatic rings. The van der Waals surface area contributed by atoms with Crippen molar-refractivity contribution in [1.29, 1.82) is 0 Å². The fraction of sp³-hybridized carbons (Fsp3) is 0.222. The minimum Gasteiger partial charge on any atom is -0.478 e. The molecular weight excluding hydrogens is 294 g/mol. The Morgan fingerprint density at radius 2 is 1.83 bits per heavy atom. The lowest BCUT2D eigenvalue weighted by molar-refractivity contribution is -0.145. The zero-order valence-electron chi connectivity index (χ0n) is 12.5. The van der Waals surface area contributed by atoms with E-state index in [9.17, 15) is 9.59 Å². The Labute approximate surface area is 134 Å². The molecule has 23 heavy (non-hydrogen) atoms. The van der Waals surface area contributed by atoms with Gasteiger partial charge >= 0.3 is 5.97 Å². The van der Waals surface area contributed by atoms with Crippen LogP contribution in [-0.4, -0.2) is 18.0 Å². The van der Waals surface area contributed by atoms with Crippen molar-refractivity contribution in [1.82, 2.24) is 0 Å². The molecule has 1 amide bonds. The van der Waals surface area contributed by atoms with Crippen LogP contribution in [-0.2, 0) is 20.9 Å². The summed E-state index contributed by atoms with van der Waals surface area (Å²) in [5.74, 6) is 0.0402. The van der Waals surface area contributed by atoms with Gasteiger partial charge in [-0.25, -0.2) is 0 Å². The van der Waals surface area contributed by atoms with Gasteiger partial charge in [-0.15, -0.1) is 0 Å². The van der Waals surface area contributed by atoms with Crippen LogP contribution in [0.2, 0.25) is 0 Å². The molecule has 1 aliphatic heterocycles. The van der Waals surface area contributed by atoms with E-state index in [2.05, 4.69) is 5.32 Å². The molecule has 1 heterocycles. The molecule has 3 rings (SSSR count). The third kappa shape index (κ3) is 3.88. The predicted octanol–water partition coefficient (Wildman–Crippen LogP) is 2.91. The Kier molecular flexibility index (Phi) is 4.57. The molecule has 118 valence electrons. The highest BCUT2D eigenvalue weighted by Gasteiger charge is 2.27.